The van der Waals surface area contributed by atoms with Crippen molar-refractivity contribution in [1.82, 2.24) is 0 Å². The van der Waals surface area contributed by atoms with E-state index in [0.29, 0.717) is 9.90 Å². The largest absolute Gasteiger partial charge is 0.478 e. The lowest BCUT2D eigenvalue weighted by Gasteiger charge is -2.08. The number of nitrogens with one attached hydrogen (secondary N) is 1. The molecule has 1 aromatic carbocycles. The molecule has 0 bridgehead atoms. The van der Waals surface area contributed by atoms with Crippen molar-refractivity contribution in [3.05, 3.63) is 50.2 Å². The van der Waals surface area contributed by atoms with Crippen molar-refractivity contribution < 1.29 is 14.7 Å². The van der Waals surface area contributed by atoms with Crippen LogP contribution in [0, 0.1) is 6.92 Å². The highest BCUT2D eigenvalue weighted by Gasteiger charge is 2.16. The van der Waals surface area contributed by atoms with Crippen LogP contribution in [0.1, 0.15) is 37.4 Å². The zero-order valence-corrected chi connectivity index (χ0v) is 13.1. The smallest absolute Gasteiger partial charge is 0.337 e. The summed E-state index contributed by atoms with van der Waals surface area (Å²) in [5, 5.41) is 12.1. The molecular formula is C15H14ClNO3S. The Hall–Kier alpha value is -1.85. The van der Waals surface area contributed by atoms with Gasteiger partial charge in [-0.25, -0.2) is 4.79 Å². The van der Waals surface area contributed by atoms with E-state index in [1.54, 1.807) is 0 Å². The number of rotatable bonds is 4. The lowest BCUT2D eigenvalue weighted by Crippen LogP contribution is -2.13. The van der Waals surface area contributed by atoms with Crippen molar-refractivity contribution in [1.29, 1.82) is 0 Å². The number of carboxylic acid groups (broad SMARTS) is 1. The van der Waals surface area contributed by atoms with Gasteiger partial charge in [-0.2, -0.15) is 0 Å². The first-order chi connectivity index (χ1) is 9.92. The van der Waals surface area contributed by atoms with Crippen LogP contribution in [-0.2, 0) is 6.42 Å². The van der Waals surface area contributed by atoms with E-state index in [1.165, 1.54) is 29.5 Å². The second kappa shape index (κ2) is 6.28. The maximum atomic E-state index is 12.2. The van der Waals surface area contributed by atoms with Crippen LogP contribution in [0.3, 0.4) is 0 Å². The van der Waals surface area contributed by atoms with E-state index < -0.39 is 5.97 Å². The van der Waals surface area contributed by atoms with Gasteiger partial charge in [0.05, 0.1) is 16.1 Å². The fraction of sp³-hybridized carbons (Fsp3) is 0.200. The molecule has 6 heteroatoms. The lowest BCUT2D eigenvalue weighted by molar-refractivity contribution is 0.0698. The predicted molar refractivity (Wildman–Crippen MR) is 84.8 cm³/mol. The van der Waals surface area contributed by atoms with Gasteiger partial charge in [-0.05, 0) is 43.2 Å². The molecular weight excluding hydrogens is 310 g/mol. The molecule has 4 nitrogen and oxygen atoms in total. The molecule has 110 valence electrons. The average Bonchev–Trinajstić information content (AvgIpc) is 2.79. The standard InChI is InChI=1S/C15H14ClNO3S/c1-3-9-6-13(21-8(9)2)14(18)17-12-7-10(16)4-5-11(12)15(19)20/h4-7H,3H2,1-2H3,(H,17,18)(H,19,20). The summed E-state index contributed by atoms with van der Waals surface area (Å²) in [6.07, 6.45) is 0.854. The van der Waals surface area contributed by atoms with Gasteiger partial charge in [-0.3, -0.25) is 4.79 Å². The summed E-state index contributed by atoms with van der Waals surface area (Å²) in [6, 6.07) is 6.12. The molecule has 21 heavy (non-hydrogen) atoms. The fourth-order valence-electron chi connectivity index (χ4n) is 1.97. The lowest BCUT2D eigenvalue weighted by atomic mass is 10.1. The maximum absolute atomic E-state index is 12.2. The zero-order chi connectivity index (χ0) is 15.6. The number of benzene rings is 1. The third kappa shape index (κ3) is 3.43. The zero-order valence-electron chi connectivity index (χ0n) is 11.6. The summed E-state index contributed by atoms with van der Waals surface area (Å²) in [5.74, 6) is -1.44. The Kier molecular flexibility index (Phi) is 4.65. The number of carboxylic acids is 1. The number of amides is 1. The normalized spacial score (nSPS) is 10.4. The van der Waals surface area contributed by atoms with Gasteiger partial charge in [0, 0.05) is 9.90 Å². The number of hydrogen-bond donors (Lipinski definition) is 2. The van der Waals surface area contributed by atoms with Crippen LogP contribution in [0.15, 0.2) is 24.3 Å². The monoisotopic (exact) mass is 323 g/mol. The number of thiophene rings is 1. The van der Waals surface area contributed by atoms with Gasteiger partial charge >= 0.3 is 5.97 Å². The van der Waals surface area contributed by atoms with E-state index >= 15 is 0 Å². The average molecular weight is 324 g/mol. The van der Waals surface area contributed by atoms with Crippen molar-refractivity contribution in [3.63, 3.8) is 0 Å². The van der Waals surface area contributed by atoms with Gasteiger partial charge < -0.3 is 10.4 Å². The summed E-state index contributed by atoms with van der Waals surface area (Å²) in [6.45, 7) is 3.98. The third-order valence-corrected chi connectivity index (χ3v) is 4.41. The quantitative estimate of drug-likeness (QED) is 0.885. The number of aromatic carboxylic acids is 1. The summed E-state index contributed by atoms with van der Waals surface area (Å²) >= 11 is 7.25. The van der Waals surface area contributed by atoms with Gasteiger partial charge in [0.15, 0.2) is 0 Å². The third-order valence-electron chi connectivity index (χ3n) is 3.09. The Morgan fingerprint density at radius 1 is 1.33 bits per heavy atom. The van der Waals surface area contributed by atoms with Crippen LogP contribution in [0.4, 0.5) is 5.69 Å². The second-order valence-electron chi connectivity index (χ2n) is 4.49. The van der Waals surface area contributed by atoms with Gasteiger partial charge in [-0.1, -0.05) is 18.5 Å². The molecule has 1 heterocycles. The van der Waals surface area contributed by atoms with Crippen molar-refractivity contribution in [2.75, 3.05) is 5.32 Å². The van der Waals surface area contributed by atoms with Gasteiger partial charge in [-0.15, -0.1) is 11.3 Å². The SMILES string of the molecule is CCc1cc(C(=O)Nc2cc(Cl)ccc2C(=O)O)sc1C. The molecule has 2 N–H and O–H groups in total. The Bertz CT molecular complexity index is 709. The molecule has 0 aliphatic carbocycles. The maximum Gasteiger partial charge on any atom is 0.337 e. The Labute approximate surface area is 131 Å². The molecule has 0 unspecified atom stereocenters. The molecule has 0 saturated carbocycles. The topological polar surface area (TPSA) is 66.4 Å². The molecule has 0 spiro atoms. The molecule has 0 aliphatic rings. The minimum atomic E-state index is -1.11. The molecule has 1 aromatic heterocycles. The first-order valence-electron chi connectivity index (χ1n) is 6.36. The van der Waals surface area contributed by atoms with Crippen LogP contribution < -0.4 is 5.32 Å². The first-order valence-corrected chi connectivity index (χ1v) is 7.55. The number of carbonyl (C=O) groups is 2. The summed E-state index contributed by atoms with van der Waals surface area (Å²) in [7, 11) is 0. The Balaban J connectivity index is 2.30. The summed E-state index contributed by atoms with van der Waals surface area (Å²) < 4.78 is 0. The van der Waals surface area contributed by atoms with Crippen LogP contribution in [-0.4, -0.2) is 17.0 Å². The van der Waals surface area contributed by atoms with E-state index in [1.807, 2.05) is 19.9 Å². The van der Waals surface area contributed by atoms with E-state index in [9.17, 15) is 9.59 Å². The highest BCUT2D eigenvalue weighted by atomic mass is 35.5. The number of hydrogen-bond acceptors (Lipinski definition) is 3. The number of aryl methyl sites for hydroxylation is 2. The van der Waals surface area contributed by atoms with Crippen molar-refractivity contribution in [2.45, 2.75) is 20.3 Å². The van der Waals surface area contributed by atoms with Gasteiger partial charge in [0.2, 0.25) is 0 Å². The van der Waals surface area contributed by atoms with Crippen molar-refractivity contribution in [2.24, 2.45) is 0 Å². The predicted octanol–water partition coefficient (Wildman–Crippen LogP) is 4.22. The Morgan fingerprint density at radius 3 is 2.62 bits per heavy atom. The first kappa shape index (κ1) is 15.5. The van der Waals surface area contributed by atoms with Crippen molar-refractivity contribution in [3.8, 4) is 0 Å². The minimum absolute atomic E-state index is 0.0109. The van der Waals surface area contributed by atoms with E-state index in [4.69, 9.17) is 16.7 Å². The van der Waals surface area contributed by atoms with E-state index in [0.717, 1.165) is 16.9 Å². The minimum Gasteiger partial charge on any atom is -0.478 e. The molecule has 0 aliphatic heterocycles. The summed E-state index contributed by atoms with van der Waals surface area (Å²) in [5.41, 5.74) is 1.33. The second-order valence-corrected chi connectivity index (χ2v) is 6.19. The fourth-order valence-corrected chi connectivity index (χ4v) is 3.15. The Morgan fingerprint density at radius 2 is 2.05 bits per heavy atom. The molecule has 0 saturated heterocycles. The molecule has 0 radical (unpaired) electrons. The van der Waals surface area contributed by atoms with Crippen LogP contribution in [0.5, 0.6) is 0 Å². The van der Waals surface area contributed by atoms with Crippen LogP contribution in [0.25, 0.3) is 0 Å². The van der Waals surface area contributed by atoms with Crippen LogP contribution >= 0.6 is 22.9 Å². The summed E-state index contributed by atoms with van der Waals surface area (Å²) in [4.78, 5) is 25.1. The highest BCUT2D eigenvalue weighted by Crippen LogP contribution is 2.25. The van der Waals surface area contributed by atoms with E-state index in [-0.39, 0.29) is 17.2 Å². The van der Waals surface area contributed by atoms with Crippen LogP contribution in [0.2, 0.25) is 5.02 Å². The van der Waals surface area contributed by atoms with E-state index in [2.05, 4.69) is 5.32 Å². The number of carbonyl (C=O) groups excluding carboxylic acids is 1. The molecule has 2 rings (SSSR count). The highest BCUT2D eigenvalue weighted by molar-refractivity contribution is 7.14. The van der Waals surface area contributed by atoms with Gasteiger partial charge in [0.1, 0.15) is 0 Å². The van der Waals surface area contributed by atoms with Crippen molar-refractivity contribution >= 4 is 40.5 Å². The molecule has 0 fully saturated rings. The molecule has 1 amide bonds. The molecule has 0 atom stereocenters. The molecule has 2 aromatic rings. The number of halogens is 1. The van der Waals surface area contributed by atoms with Gasteiger partial charge in [0.25, 0.3) is 5.91 Å². The number of anilines is 1.